The lowest BCUT2D eigenvalue weighted by atomic mass is 9.88. The standard InChI is InChI=1S/C22H24N4OS2/c1-14-16(3-2-8-26(14)9-10-27)21-12-17-18(6-7-23-22(17)29-21)25-15-4-5-20-19(11-15)24-13-28-20/h4-7,11-14,16,27H,2-3,8-10H2,1H3,(H,23,25)/t14-,16-/m0/s1. The summed E-state index contributed by atoms with van der Waals surface area (Å²) in [5.41, 5.74) is 5.04. The van der Waals surface area contributed by atoms with Crippen molar-refractivity contribution < 1.29 is 5.11 Å². The molecule has 1 fully saturated rings. The third-order valence-electron chi connectivity index (χ3n) is 5.94. The molecule has 7 heteroatoms. The molecule has 0 saturated carbocycles. The zero-order valence-corrected chi connectivity index (χ0v) is 18.0. The molecule has 1 aliphatic rings. The van der Waals surface area contributed by atoms with Crippen molar-refractivity contribution in [2.45, 2.75) is 31.7 Å². The molecule has 2 N–H and O–H groups in total. The van der Waals surface area contributed by atoms with Crippen molar-refractivity contribution in [2.24, 2.45) is 0 Å². The molecule has 1 aromatic carbocycles. The Bertz CT molecular complexity index is 1140. The Kier molecular flexibility index (Phi) is 5.22. The first-order valence-electron chi connectivity index (χ1n) is 10.1. The lowest BCUT2D eigenvalue weighted by molar-refractivity contribution is 0.111. The second-order valence-electron chi connectivity index (χ2n) is 7.63. The van der Waals surface area contributed by atoms with E-state index in [2.05, 4.69) is 51.4 Å². The van der Waals surface area contributed by atoms with Gasteiger partial charge in [0.25, 0.3) is 0 Å². The molecular formula is C22H24N4OS2. The van der Waals surface area contributed by atoms with Crippen LogP contribution in [0.2, 0.25) is 0 Å². The monoisotopic (exact) mass is 424 g/mol. The molecule has 0 unspecified atom stereocenters. The predicted octanol–water partition coefficient (Wildman–Crippen LogP) is 5.21. The number of rotatable bonds is 5. The molecule has 4 heterocycles. The number of pyridine rings is 1. The summed E-state index contributed by atoms with van der Waals surface area (Å²) >= 11 is 3.47. The van der Waals surface area contributed by atoms with E-state index in [9.17, 15) is 5.11 Å². The van der Waals surface area contributed by atoms with Crippen molar-refractivity contribution in [2.75, 3.05) is 25.0 Å². The molecule has 4 aromatic rings. The van der Waals surface area contributed by atoms with Gasteiger partial charge in [-0.3, -0.25) is 4.90 Å². The number of nitrogens with one attached hydrogen (secondary N) is 1. The van der Waals surface area contributed by atoms with Crippen LogP contribution in [-0.4, -0.2) is 45.7 Å². The molecule has 0 aliphatic carbocycles. The Balaban J connectivity index is 1.46. The van der Waals surface area contributed by atoms with Crippen LogP contribution < -0.4 is 5.32 Å². The van der Waals surface area contributed by atoms with Crippen molar-refractivity contribution in [1.82, 2.24) is 14.9 Å². The van der Waals surface area contributed by atoms with Crippen LogP contribution in [0, 0.1) is 0 Å². The highest BCUT2D eigenvalue weighted by Crippen LogP contribution is 2.40. The normalized spacial score (nSPS) is 20.5. The summed E-state index contributed by atoms with van der Waals surface area (Å²) in [5, 5.41) is 14.1. The molecule has 0 radical (unpaired) electrons. The Morgan fingerprint density at radius 1 is 1.24 bits per heavy atom. The van der Waals surface area contributed by atoms with Crippen LogP contribution in [0.15, 0.2) is 42.0 Å². The van der Waals surface area contributed by atoms with Gasteiger partial charge in [-0.25, -0.2) is 9.97 Å². The highest BCUT2D eigenvalue weighted by molar-refractivity contribution is 7.18. The number of thiazole rings is 1. The van der Waals surface area contributed by atoms with Gasteiger partial charge in [0.15, 0.2) is 0 Å². The van der Waals surface area contributed by atoms with Crippen molar-refractivity contribution >= 4 is 54.5 Å². The first-order valence-corrected chi connectivity index (χ1v) is 11.8. The average molecular weight is 425 g/mol. The minimum Gasteiger partial charge on any atom is -0.395 e. The van der Waals surface area contributed by atoms with Crippen molar-refractivity contribution in [1.29, 1.82) is 0 Å². The summed E-state index contributed by atoms with van der Waals surface area (Å²) in [5.74, 6) is 0.494. The van der Waals surface area contributed by atoms with Crippen LogP contribution in [0.5, 0.6) is 0 Å². The van der Waals surface area contributed by atoms with E-state index >= 15 is 0 Å². The molecule has 5 nitrogen and oxygen atoms in total. The van der Waals surface area contributed by atoms with Crippen molar-refractivity contribution in [3.8, 4) is 0 Å². The van der Waals surface area contributed by atoms with Gasteiger partial charge in [0.05, 0.1) is 28.0 Å². The Morgan fingerprint density at radius 2 is 2.17 bits per heavy atom. The number of aromatic nitrogens is 2. The summed E-state index contributed by atoms with van der Waals surface area (Å²) in [4.78, 5) is 13.9. The maximum absolute atomic E-state index is 9.38. The van der Waals surface area contributed by atoms with Gasteiger partial charge < -0.3 is 10.4 Å². The van der Waals surface area contributed by atoms with Crippen molar-refractivity contribution in [3.63, 3.8) is 0 Å². The largest absolute Gasteiger partial charge is 0.395 e. The third kappa shape index (κ3) is 3.64. The average Bonchev–Trinajstić information content (AvgIpc) is 3.36. The predicted molar refractivity (Wildman–Crippen MR) is 123 cm³/mol. The Morgan fingerprint density at radius 3 is 3.07 bits per heavy atom. The van der Waals surface area contributed by atoms with Crippen LogP contribution in [0.4, 0.5) is 11.4 Å². The molecule has 0 bridgehead atoms. The number of anilines is 2. The van der Waals surface area contributed by atoms with E-state index < -0.39 is 0 Å². The Hall–Kier alpha value is -2.06. The van der Waals surface area contributed by atoms with Gasteiger partial charge in [0.2, 0.25) is 0 Å². The molecular weight excluding hydrogens is 400 g/mol. The SMILES string of the molecule is C[C@H]1[C@@H](c2cc3c(Nc4ccc5scnc5c4)ccnc3s2)CCCN1CCO. The van der Waals surface area contributed by atoms with Crippen LogP contribution in [0.25, 0.3) is 20.4 Å². The molecule has 0 amide bonds. The highest BCUT2D eigenvalue weighted by atomic mass is 32.1. The van der Waals surface area contributed by atoms with Gasteiger partial charge in [-0.15, -0.1) is 22.7 Å². The first kappa shape index (κ1) is 18.9. The highest BCUT2D eigenvalue weighted by Gasteiger charge is 2.30. The Labute approximate surface area is 178 Å². The van der Waals surface area contributed by atoms with E-state index in [0.717, 1.165) is 34.8 Å². The fourth-order valence-corrected chi connectivity index (χ4v) is 6.30. The minimum absolute atomic E-state index is 0.225. The smallest absolute Gasteiger partial charge is 0.125 e. The number of likely N-dealkylation sites (tertiary alicyclic amines) is 1. The summed E-state index contributed by atoms with van der Waals surface area (Å²) < 4.78 is 1.20. The van der Waals surface area contributed by atoms with Gasteiger partial charge in [0, 0.05) is 40.7 Å². The maximum Gasteiger partial charge on any atom is 0.125 e. The first-order chi connectivity index (χ1) is 14.2. The van der Waals surface area contributed by atoms with E-state index in [-0.39, 0.29) is 6.61 Å². The van der Waals surface area contributed by atoms with Gasteiger partial charge in [0.1, 0.15) is 4.83 Å². The summed E-state index contributed by atoms with van der Waals surface area (Å²) in [6.45, 7) is 4.35. The number of hydrogen-bond acceptors (Lipinski definition) is 7. The number of benzene rings is 1. The van der Waals surface area contributed by atoms with Gasteiger partial charge in [-0.2, -0.15) is 0 Å². The molecule has 150 valence electrons. The van der Waals surface area contributed by atoms with Crippen LogP contribution in [0.1, 0.15) is 30.6 Å². The molecule has 2 atom stereocenters. The molecule has 29 heavy (non-hydrogen) atoms. The van der Waals surface area contributed by atoms with Crippen molar-refractivity contribution in [3.05, 3.63) is 46.9 Å². The van der Waals surface area contributed by atoms with Gasteiger partial charge in [-0.05, 0) is 56.6 Å². The number of piperidine rings is 1. The van der Waals surface area contributed by atoms with E-state index in [1.807, 2.05) is 17.8 Å². The van der Waals surface area contributed by atoms with E-state index in [4.69, 9.17) is 0 Å². The molecule has 1 aliphatic heterocycles. The molecule has 5 rings (SSSR count). The minimum atomic E-state index is 0.225. The van der Waals surface area contributed by atoms with E-state index in [1.165, 1.54) is 27.8 Å². The fourth-order valence-electron chi connectivity index (χ4n) is 4.38. The van der Waals surface area contributed by atoms with E-state index in [1.54, 1.807) is 22.7 Å². The second kappa shape index (κ2) is 7.99. The number of nitrogens with zero attached hydrogens (tertiary/aromatic N) is 3. The van der Waals surface area contributed by atoms with Crippen LogP contribution in [0.3, 0.4) is 0 Å². The zero-order valence-electron chi connectivity index (χ0n) is 16.3. The quantitative estimate of drug-likeness (QED) is 0.460. The lowest BCUT2D eigenvalue weighted by Crippen LogP contribution is -2.43. The zero-order chi connectivity index (χ0) is 19.8. The number of hydrogen-bond donors (Lipinski definition) is 2. The molecule has 3 aromatic heterocycles. The summed E-state index contributed by atoms with van der Waals surface area (Å²) in [6, 6.07) is 11.1. The van der Waals surface area contributed by atoms with E-state index in [0.29, 0.717) is 12.0 Å². The number of aliphatic hydroxyl groups is 1. The third-order valence-corrected chi connectivity index (χ3v) is 7.92. The number of β-amino-alcohol motifs (C(OH)–C–C–N with tert-alkyl or cyclic N) is 1. The topological polar surface area (TPSA) is 61.3 Å². The second-order valence-corrected chi connectivity index (χ2v) is 9.58. The van der Waals surface area contributed by atoms with Crippen LogP contribution in [-0.2, 0) is 0 Å². The lowest BCUT2D eigenvalue weighted by Gasteiger charge is -2.38. The molecule has 0 spiro atoms. The number of thiophene rings is 1. The van der Waals surface area contributed by atoms with Gasteiger partial charge in [-0.1, -0.05) is 0 Å². The number of aliphatic hydroxyl groups excluding tert-OH is 1. The summed E-state index contributed by atoms with van der Waals surface area (Å²) in [7, 11) is 0. The summed E-state index contributed by atoms with van der Waals surface area (Å²) in [6.07, 6.45) is 4.25. The molecule has 1 saturated heterocycles. The van der Waals surface area contributed by atoms with Gasteiger partial charge >= 0.3 is 0 Å². The maximum atomic E-state index is 9.38. The number of fused-ring (bicyclic) bond motifs is 2. The van der Waals surface area contributed by atoms with Crippen LogP contribution >= 0.6 is 22.7 Å². The fraction of sp³-hybridized carbons (Fsp3) is 0.364.